The Morgan fingerprint density at radius 2 is 1.46 bits per heavy atom. The Bertz CT molecular complexity index is 1110. The first-order valence-electron chi connectivity index (χ1n) is 7.94. The first-order chi connectivity index (χ1) is 11.7. The molecular formula is C22H16N2. The van der Waals surface area contributed by atoms with E-state index in [1.165, 1.54) is 11.1 Å². The van der Waals surface area contributed by atoms with Crippen LogP contribution < -0.4 is 0 Å². The van der Waals surface area contributed by atoms with E-state index in [-0.39, 0.29) is 0 Å². The molecule has 0 atom stereocenters. The third kappa shape index (κ3) is 2.23. The van der Waals surface area contributed by atoms with Gasteiger partial charge >= 0.3 is 0 Å². The lowest BCUT2D eigenvalue weighted by atomic mass is 9.96. The van der Waals surface area contributed by atoms with Gasteiger partial charge in [-0.3, -0.25) is 4.98 Å². The third-order valence-corrected chi connectivity index (χ3v) is 4.38. The van der Waals surface area contributed by atoms with Gasteiger partial charge in [0, 0.05) is 11.8 Å². The zero-order chi connectivity index (χ0) is 16.7. The highest BCUT2D eigenvalue weighted by atomic mass is 14.7. The number of aryl methyl sites for hydroxylation is 2. The summed E-state index contributed by atoms with van der Waals surface area (Å²) in [7, 11) is 0. The predicted octanol–water partition coefficient (Wildman–Crippen LogP) is 6.22. The van der Waals surface area contributed by atoms with Crippen LogP contribution in [0.4, 0.5) is 5.69 Å². The van der Waals surface area contributed by atoms with Crippen molar-refractivity contribution >= 4 is 27.2 Å². The van der Waals surface area contributed by atoms with E-state index in [2.05, 4.69) is 47.9 Å². The molecule has 0 aliphatic heterocycles. The highest BCUT2D eigenvalue weighted by Crippen LogP contribution is 2.37. The molecule has 0 radical (unpaired) electrons. The Kier molecular flexibility index (Phi) is 3.29. The summed E-state index contributed by atoms with van der Waals surface area (Å²) in [5.74, 6) is 0. The lowest BCUT2D eigenvalue weighted by Gasteiger charge is -2.11. The van der Waals surface area contributed by atoms with Crippen molar-refractivity contribution in [1.29, 1.82) is 0 Å². The number of hydrogen-bond donors (Lipinski definition) is 0. The molecule has 0 unspecified atom stereocenters. The van der Waals surface area contributed by atoms with Crippen LogP contribution in [0.15, 0.2) is 60.8 Å². The number of benzene rings is 3. The van der Waals surface area contributed by atoms with Crippen molar-refractivity contribution in [2.75, 3.05) is 0 Å². The molecule has 0 N–H and O–H groups in total. The van der Waals surface area contributed by atoms with Crippen LogP contribution in [0.2, 0.25) is 0 Å². The third-order valence-electron chi connectivity index (χ3n) is 4.38. The number of fused-ring (bicyclic) bond motifs is 3. The molecule has 3 aromatic carbocycles. The van der Waals surface area contributed by atoms with E-state index in [9.17, 15) is 0 Å². The van der Waals surface area contributed by atoms with E-state index in [4.69, 9.17) is 6.57 Å². The summed E-state index contributed by atoms with van der Waals surface area (Å²) in [5, 5.41) is 4.28. The molecule has 0 saturated heterocycles. The molecule has 0 aliphatic rings. The maximum Gasteiger partial charge on any atom is 0.195 e. The van der Waals surface area contributed by atoms with Gasteiger partial charge in [-0.1, -0.05) is 41.5 Å². The van der Waals surface area contributed by atoms with Crippen LogP contribution in [-0.2, 0) is 0 Å². The maximum atomic E-state index is 7.55. The second kappa shape index (κ2) is 5.47. The van der Waals surface area contributed by atoms with Crippen LogP contribution in [0.3, 0.4) is 0 Å². The van der Waals surface area contributed by atoms with E-state index in [0.717, 1.165) is 32.8 Å². The van der Waals surface area contributed by atoms with Crippen LogP contribution in [0.1, 0.15) is 11.1 Å². The molecule has 1 heterocycles. The van der Waals surface area contributed by atoms with Gasteiger partial charge in [0.1, 0.15) is 0 Å². The summed E-state index contributed by atoms with van der Waals surface area (Å²) in [6.45, 7) is 11.7. The van der Waals surface area contributed by atoms with Crippen molar-refractivity contribution in [2.24, 2.45) is 0 Å². The molecule has 0 fully saturated rings. The zero-order valence-corrected chi connectivity index (χ0v) is 13.7. The zero-order valence-electron chi connectivity index (χ0n) is 13.7. The van der Waals surface area contributed by atoms with Gasteiger partial charge in [0.25, 0.3) is 0 Å². The smallest absolute Gasteiger partial charge is 0.195 e. The Hall–Kier alpha value is -3.18. The number of pyridine rings is 1. The van der Waals surface area contributed by atoms with Gasteiger partial charge in [-0.2, -0.15) is 0 Å². The van der Waals surface area contributed by atoms with Crippen molar-refractivity contribution in [2.45, 2.75) is 13.8 Å². The highest BCUT2D eigenvalue weighted by Gasteiger charge is 2.11. The molecule has 0 saturated carbocycles. The van der Waals surface area contributed by atoms with Gasteiger partial charge in [-0.15, -0.1) is 0 Å². The van der Waals surface area contributed by atoms with Gasteiger partial charge in [0.15, 0.2) is 5.69 Å². The Morgan fingerprint density at radius 1 is 0.792 bits per heavy atom. The molecule has 0 spiro atoms. The van der Waals surface area contributed by atoms with Gasteiger partial charge in [0.2, 0.25) is 0 Å². The number of hydrogen-bond acceptors (Lipinski definition) is 1. The number of nitrogens with zero attached hydrogens (tertiary/aromatic N) is 2. The molecule has 2 heteroatoms. The summed E-state index contributed by atoms with van der Waals surface area (Å²) < 4.78 is 0. The molecule has 1 aromatic heterocycles. The van der Waals surface area contributed by atoms with Crippen LogP contribution >= 0.6 is 0 Å². The van der Waals surface area contributed by atoms with Crippen molar-refractivity contribution in [1.82, 2.24) is 4.98 Å². The van der Waals surface area contributed by atoms with Crippen molar-refractivity contribution in [3.8, 4) is 11.3 Å². The minimum absolute atomic E-state index is 0.678. The van der Waals surface area contributed by atoms with Crippen LogP contribution in [-0.4, -0.2) is 4.98 Å². The van der Waals surface area contributed by atoms with Gasteiger partial charge in [-0.05, 0) is 59.7 Å². The Labute approximate surface area is 141 Å². The van der Waals surface area contributed by atoms with Crippen molar-refractivity contribution in [3.63, 3.8) is 0 Å². The summed E-state index contributed by atoms with van der Waals surface area (Å²) in [6.07, 6.45) is 1.86. The first kappa shape index (κ1) is 14.4. The lowest BCUT2D eigenvalue weighted by molar-refractivity contribution is 1.33. The fourth-order valence-electron chi connectivity index (χ4n) is 3.44. The first-order valence-corrected chi connectivity index (χ1v) is 7.94. The molecule has 0 amide bonds. The fraction of sp³-hybridized carbons (Fsp3) is 0.0909. The van der Waals surface area contributed by atoms with E-state index < -0.39 is 0 Å². The molecule has 114 valence electrons. The Balaban J connectivity index is 2.15. The standard InChI is InChI=1S/C22H16N2/c1-14-10-15(2)12-16(11-14)22-20-13-21(23-3)19-7-5-4-6-17(19)18(20)8-9-24-22/h4-13H,1-2H3. The topological polar surface area (TPSA) is 17.2 Å². The molecule has 0 aliphatic carbocycles. The molecule has 4 rings (SSSR count). The van der Waals surface area contributed by atoms with Crippen LogP contribution in [0.5, 0.6) is 0 Å². The van der Waals surface area contributed by atoms with Crippen LogP contribution in [0.25, 0.3) is 37.6 Å². The van der Waals surface area contributed by atoms with Crippen molar-refractivity contribution in [3.05, 3.63) is 83.3 Å². The summed E-state index contributed by atoms with van der Waals surface area (Å²) in [4.78, 5) is 8.38. The quantitative estimate of drug-likeness (QED) is 0.301. The summed E-state index contributed by atoms with van der Waals surface area (Å²) in [6, 6.07) is 18.6. The summed E-state index contributed by atoms with van der Waals surface area (Å²) in [5.41, 5.74) is 5.15. The van der Waals surface area contributed by atoms with E-state index in [0.29, 0.717) is 5.69 Å². The second-order valence-electron chi connectivity index (χ2n) is 6.18. The van der Waals surface area contributed by atoms with E-state index in [1.807, 2.05) is 36.5 Å². The largest absolute Gasteiger partial charge is 0.256 e. The SMILES string of the molecule is [C-]#[N+]c1cc2c(-c3cc(C)cc(C)c3)nccc2c2ccccc12. The molecule has 0 bridgehead atoms. The van der Waals surface area contributed by atoms with Crippen LogP contribution in [0, 0.1) is 20.4 Å². The Morgan fingerprint density at radius 3 is 2.17 bits per heavy atom. The maximum absolute atomic E-state index is 7.55. The molecule has 24 heavy (non-hydrogen) atoms. The average molecular weight is 308 g/mol. The summed E-state index contributed by atoms with van der Waals surface area (Å²) >= 11 is 0. The second-order valence-corrected chi connectivity index (χ2v) is 6.18. The van der Waals surface area contributed by atoms with Gasteiger partial charge in [0.05, 0.1) is 12.3 Å². The van der Waals surface area contributed by atoms with E-state index >= 15 is 0 Å². The lowest BCUT2D eigenvalue weighted by Crippen LogP contribution is -1.89. The average Bonchev–Trinajstić information content (AvgIpc) is 2.59. The highest BCUT2D eigenvalue weighted by molar-refractivity contribution is 6.16. The number of aromatic nitrogens is 1. The monoisotopic (exact) mass is 308 g/mol. The molecule has 2 nitrogen and oxygen atoms in total. The normalized spacial score (nSPS) is 10.9. The van der Waals surface area contributed by atoms with Gasteiger partial charge in [-0.25, -0.2) is 4.85 Å². The van der Waals surface area contributed by atoms with E-state index in [1.54, 1.807) is 0 Å². The van der Waals surface area contributed by atoms with Gasteiger partial charge < -0.3 is 0 Å². The minimum atomic E-state index is 0.678. The molecule has 4 aromatic rings. The molecular weight excluding hydrogens is 292 g/mol. The number of rotatable bonds is 1. The fourth-order valence-corrected chi connectivity index (χ4v) is 3.44. The predicted molar refractivity (Wildman–Crippen MR) is 100 cm³/mol. The minimum Gasteiger partial charge on any atom is -0.256 e. The van der Waals surface area contributed by atoms with Crippen molar-refractivity contribution < 1.29 is 0 Å².